The first kappa shape index (κ1) is 20.7. The molecule has 2 N–H and O–H groups in total. The van der Waals surface area contributed by atoms with E-state index in [0.29, 0.717) is 24.3 Å². The minimum absolute atomic E-state index is 0. The number of carbonyl (C=O) groups excluding carboxylic acids is 1. The molecule has 2 aromatic carbocycles. The number of rotatable bonds is 5. The number of nitrogens with one attached hydrogen (secondary N) is 2. The van der Waals surface area contributed by atoms with Crippen LogP contribution in [0.4, 0.5) is 11.4 Å². The zero-order valence-corrected chi connectivity index (χ0v) is 15.9. The van der Waals surface area contributed by atoms with Gasteiger partial charge < -0.3 is 15.5 Å². The molecular weight excluding hydrogens is 368 g/mol. The molecule has 1 heterocycles. The first-order chi connectivity index (χ1) is 12.6. The van der Waals surface area contributed by atoms with Crippen LogP contribution in [0.5, 0.6) is 0 Å². The van der Waals surface area contributed by atoms with Crippen LogP contribution < -0.4 is 10.6 Å². The molecule has 2 aromatic rings. The Kier molecular flexibility index (Phi) is 7.15. The standard InChI is InChI=1S/C19H22N4O3.ClH/c1-14-12-20-9-10-22(14)19(24)16-7-8-17(18(11-16)23(25)26)21-13-15-5-3-2-4-6-15;/h2-8,11,14,20-21H,9-10,12-13H2,1H3;1H. The first-order valence-electron chi connectivity index (χ1n) is 8.64. The van der Waals surface area contributed by atoms with E-state index in [2.05, 4.69) is 10.6 Å². The largest absolute Gasteiger partial charge is 0.375 e. The van der Waals surface area contributed by atoms with Gasteiger partial charge in [-0.05, 0) is 24.6 Å². The molecule has 1 fully saturated rings. The maximum absolute atomic E-state index is 12.7. The molecule has 0 spiro atoms. The van der Waals surface area contributed by atoms with Crippen molar-refractivity contribution < 1.29 is 9.72 Å². The molecule has 1 saturated heterocycles. The fraction of sp³-hybridized carbons (Fsp3) is 0.316. The lowest BCUT2D eigenvalue weighted by molar-refractivity contribution is -0.384. The fourth-order valence-electron chi connectivity index (χ4n) is 3.07. The van der Waals surface area contributed by atoms with E-state index in [0.717, 1.165) is 18.7 Å². The monoisotopic (exact) mass is 390 g/mol. The molecule has 7 nitrogen and oxygen atoms in total. The van der Waals surface area contributed by atoms with Gasteiger partial charge in [0.15, 0.2) is 0 Å². The lowest BCUT2D eigenvalue weighted by Crippen LogP contribution is -2.52. The predicted octanol–water partition coefficient (Wildman–Crippen LogP) is 3.06. The number of anilines is 1. The van der Waals surface area contributed by atoms with Crippen molar-refractivity contribution in [1.29, 1.82) is 0 Å². The second-order valence-electron chi connectivity index (χ2n) is 6.38. The van der Waals surface area contributed by atoms with Gasteiger partial charge in [0.1, 0.15) is 5.69 Å². The summed E-state index contributed by atoms with van der Waals surface area (Å²) >= 11 is 0. The summed E-state index contributed by atoms with van der Waals surface area (Å²) in [6.07, 6.45) is 0. The highest BCUT2D eigenvalue weighted by Crippen LogP contribution is 2.27. The van der Waals surface area contributed by atoms with Crippen molar-refractivity contribution >= 4 is 29.7 Å². The van der Waals surface area contributed by atoms with Gasteiger partial charge in [0.05, 0.1) is 4.92 Å². The Balaban J connectivity index is 0.00000261. The SMILES string of the molecule is CC1CNCCN1C(=O)c1ccc(NCc2ccccc2)c([N+](=O)[O-])c1.Cl. The Morgan fingerprint density at radius 1 is 1.30 bits per heavy atom. The molecule has 27 heavy (non-hydrogen) atoms. The molecule has 144 valence electrons. The molecular formula is C19H23ClN4O3. The molecule has 1 unspecified atom stereocenters. The number of nitro groups is 1. The third kappa shape index (κ3) is 4.96. The number of carbonyl (C=O) groups is 1. The summed E-state index contributed by atoms with van der Waals surface area (Å²) in [7, 11) is 0. The lowest BCUT2D eigenvalue weighted by Gasteiger charge is -2.34. The van der Waals surface area contributed by atoms with Crippen LogP contribution in [-0.2, 0) is 6.54 Å². The van der Waals surface area contributed by atoms with E-state index >= 15 is 0 Å². The van der Waals surface area contributed by atoms with Crippen LogP contribution in [0.3, 0.4) is 0 Å². The van der Waals surface area contributed by atoms with Crippen molar-refractivity contribution in [3.63, 3.8) is 0 Å². The Morgan fingerprint density at radius 2 is 2.04 bits per heavy atom. The number of halogens is 1. The van der Waals surface area contributed by atoms with E-state index in [1.807, 2.05) is 37.3 Å². The van der Waals surface area contributed by atoms with Crippen LogP contribution in [0.25, 0.3) is 0 Å². The van der Waals surface area contributed by atoms with Crippen molar-refractivity contribution in [3.05, 3.63) is 69.8 Å². The van der Waals surface area contributed by atoms with E-state index in [1.54, 1.807) is 17.0 Å². The molecule has 3 rings (SSSR count). The fourth-order valence-corrected chi connectivity index (χ4v) is 3.07. The van der Waals surface area contributed by atoms with Crippen LogP contribution in [0.1, 0.15) is 22.8 Å². The summed E-state index contributed by atoms with van der Waals surface area (Å²) in [4.78, 5) is 25.5. The Labute approximate surface area is 164 Å². The summed E-state index contributed by atoms with van der Waals surface area (Å²) in [5.74, 6) is -0.170. The number of hydrogen-bond acceptors (Lipinski definition) is 5. The normalized spacial score (nSPS) is 16.3. The van der Waals surface area contributed by atoms with E-state index in [9.17, 15) is 14.9 Å². The minimum atomic E-state index is -0.453. The molecule has 1 amide bonds. The van der Waals surface area contributed by atoms with Gasteiger partial charge in [0, 0.05) is 43.9 Å². The number of amides is 1. The van der Waals surface area contributed by atoms with Crippen molar-refractivity contribution in [3.8, 4) is 0 Å². The zero-order chi connectivity index (χ0) is 18.5. The highest BCUT2D eigenvalue weighted by Gasteiger charge is 2.26. The van der Waals surface area contributed by atoms with Gasteiger partial charge in [0.2, 0.25) is 0 Å². The zero-order valence-electron chi connectivity index (χ0n) is 15.1. The second-order valence-corrected chi connectivity index (χ2v) is 6.38. The average molecular weight is 391 g/mol. The summed E-state index contributed by atoms with van der Waals surface area (Å²) in [6, 6.07) is 14.3. The minimum Gasteiger partial charge on any atom is -0.375 e. The number of hydrogen-bond donors (Lipinski definition) is 2. The van der Waals surface area contributed by atoms with Crippen LogP contribution in [0.2, 0.25) is 0 Å². The average Bonchev–Trinajstić information content (AvgIpc) is 2.67. The third-order valence-electron chi connectivity index (χ3n) is 4.53. The van der Waals surface area contributed by atoms with Gasteiger partial charge in [-0.15, -0.1) is 12.4 Å². The molecule has 8 heteroatoms. The van der Waals surface area contributed by atoms with Crippen molar-refractivity contribution in [2.45, 2.75) is 19.5 Å². The second kappa shape index (κ2) is 9.34. The van der Waals surface area contributed by atoms with E-state index < -0.39 is 4.92 Å². The Hall–Kier alpha value is -2.64. The van der Waals surface area contributed by atoms with Gasteiger partial charge in [-0.25, -0.2) is 0 Å². The highest BCUT2D eigenvalue weighted by atomic mass is 35.5. The Morgan fingerprint density at radius 3 is 2.70 bits per heavy atom. The first-order valence-corrected chi connectivity index (χ1v) is 8.64. The molecule has 0 aromatic heterocycles. The molecule has 1 aliphatic rings. The summed E-state index contributed by atoms with van der Waals surface area (Å²) in [6.45, 7) is 4.50. The van der Waals surface area contributed by atoms with Crippen molar-refractivity contribution in [2.75, 3.05) is 25.0 Å². The molecule has 1 aliphatic heterocycles. The maximum Gasteiger partial charge on any atom is 0.293 e. The van der Waals surface area contributed by atoms with Gasteiger partial charge in [0.25, 0.3) is 11.6 Å². The molecule has 0 saturated carbocycles. The quantitative estimate of drug-likeness (QED) is 0.605. The summed E-state index contributed by atoms with van der Waals surface area (Å²) in [5, 5.41) is 17.8. The van der Waals surface area contributed by atoms with Crippen LogP contribution >= 0.6 is 12.4 Å². The highest BCUT2D eigenvalue weighted by molar-refractivity contribution is 5.96. The van der Waals surface area contributed by atoms with Gasteiger partial charge >= 0.3 is 0 Å². The third-order valence-corrected chi connectivity index (χ3v) is 4.53. The molecule has 0 bridgehead atoms. The van der Waals surface area contributed by atoms with Crippen LogP contribution in [0.15, 0.2) is 48.5 Å². The molecule has 0 radical (unpaired) electrons. The van der Waals surface area contributed by atoms with E-state index in [4.69, 9.17) is 0 Å². The number of nitrogens with zero attached hydrogens (tertiary/aromatic N) is 2. The maximum atomic E-state index is 12.7. The number of piperazine rings is 1. The molecule has 0 aliphatic carbocycles. The van der Waals surface area contributed by atoms with Gasteiger partial charge in [-0.1, -0.05) is 30.3 Å². The van der Waals surface area contributed by atoms with Gasteiger partial charge in [-0.2, -0.15) is 0 Å². The Bertz CT molecular complexity index is 801. The summed E-state index contributed by atoms with van der Waals surface area (Å²) in [5.41, 5.74) is 1.69. The topological polar surface area (TPSA) is 87.5 Å². The smallest absolute Gasteiger partial charge is 0.293 e. The van der Waals surface area contributed by atoms with Crippen molar-refractivity contribution in [1.82, 2.24) is 10.2 Å². The number of benzene rings is 2. The van der Waals surface area contributed by atoms with E-state index in [1.165, 1.54) is 6.07 Å². The predicted molar refractivity (Wildman–Crippen MR) is 107 cm³/mol. The lowest BCUT2D eigenvalue weighted by atomic mass is 10.1. The summed E-state index contributed by atoms with van der Waals surface area (Å²) < 4.78 is 0. The van der Waals surface area contributed by atoms with Crippen LogP contribution in [-0.4, -0.2) is 41.4 Å². The number of nitro benzene ring substituents is 1. The van der Waals surface area contributed by atoms with E-state index in [-0.39, 0.29) is 30.0 Å². The van der Waals surface area contributed by atoms with Crippen molar-refractivity contribution in [2.24, 2.45) is 0 Å². The molecule has 1 atom stereocenters. The van der Waals surface area contributed by atoms with Crippen LogP contribution in [0, 0.1) is 10.1 Å². The van der Waals surface area contributed by atoms with Gasteiger partial charge in [-0.3, -0.25) is 14.9 Å².